The Morgan fingerprint density at radius 3 is 2.93 bits per heavy atom. The zero-order valence-electron chi connectivity index (χ0n) is 8.40. The molecule has 1 heterocycles. The Bertz CT molecular complexity index is 340. The Morgan fingerprint density at radius 2 is 2.36 bits per heavy atom. The minimum atomic E-state index is -0.738. The first kappa shape index (κ1) is 9.62. The van der Waals surface area contributed by atoms with Crippen LogP contribution in [0.15, 0.2) is 18.5 Å². The summed E-state index contributed by atoms with van der Waals surface area (Å²) in [6, 6.07) is 2.12. The fourth-order valence-electron chi connectivity index (χ4n) is 2.13. The van der Waals surface area contributed by atoms with E-state index in [0.717, 1.165) is 24.0 Å². The molecule has 3 N–H and O–H groups in total. The number of aliphatic hydroxyl groups is 1. The largest absolute Gasteiger partial charge is 0.385 e. The molecule has 1 fully saturated rings. The fourth-order valence-corrected chi connectivity index (χ4v) is 2.13. The van der Waals surface area contributed by atoms with Crippen LogP contribution in [0, 0.1) is 6.92 Å². The van der Waals surface area contributed by atoms with Crippen molar-refractivity contribution in [1.82, 2.24) is 4.98 Å². The van der Waals surface area contributed by atoms with Crippen LogP contribution in [0.1, 0.15) is 30.4 Å². The highest BCUT2D eigenvalue weighted by atomic mass is 16.3. The molecule has 1 aliphatic rings. The van der Waals surface area contributed by atoms with Crippen LogP contribution in [0.2, 0.25) is 0 Å². The van der Waals surface area contributed by atoms with E-state index in [9.17, 15) is 5.11 Å². The van der Waals surface area contributed by atoms with Crippen LogP contribution < -0.4 is 5.73 Å². The highest BCUT2D eigenvalue weighted by Crippen LogP contribution is 2.37. The molecule has 1 aromatic heterocycles. The summed E-state index contributed by atoms with van der Waals surface area (Å²) in [7, 11) is 0. The molecule has 0 radical (unpaired) electrons. The summed E-state index contributed by atoms with van der Waals surface area (Å²) in [5.74, 6) is 0. The van der Waals surface area contributed by atoms with Crippen LogP contribution in [0.5, 0.6) is 0 Å². The number of nitrogens with two attached hydrogens (primary N) is 1. The second-order valence-electron chi connectivity index (χ2n) is 4.29. The number of pyridine rings is 1. The second-order valence-corrected chi connectivity index (χ2v) is 4.29. The van der Waals surface area contributed by atoms with E-state index in [4.69, 9.17) is 5.73 Å². The van der Waals surface area contributed by atoms with Crippen molar-refractivity contribution in [3.8, 4) is 0 Å². The number of rotatable bonds is 1. The Kier molecular flexibility index (Phi) is 2.29. The fraction of sp³-hybridized carbons (Fsp3) is 0.545. The molecule has 1 aliphatic carbocycles. The second kappa shape index (κ2) is 3.33. The topological polar surface area (TPSA) is 59.1 Å². The highest BCUT2D eigenvalue weighted by Gasteiger charge is 2.37. The van der Waals surface area contributed by atoms with E-state index < -0.39 is 5.60 Å². The van der Waals surface area contributed by atoms with Gasteiger partial charge in [-0.3, -0.25) is 4.98 Å². The molecule has 2 rings (SSSR count). The van der Waals surface area contributed by atoms with Crippen molar-refractivity contribution in [2.75, 3.05) is 0 Å². The smallest absolute Gasteiger partial charge is 0.0926 e. The maximum Gasteiger partial charge on any atom is 0.0926 e. The monoisotopic (exact) mass is 192 g/mol. The van der Waals surface area contributed by atoms with E-state index in [2.05, 4.69) is 4.98 Å². The van der Waals surface area contributed by atoms with Gasteiger partial charge in [0.15, 0.2) is 0 Å². The first-order valence-electron chi connectivity index (χ1n) is 5.00. The van der Waals surface area contributed by atoms with Gasteiger partial charge in [-0.2, -0.15) is 0 Å². The van der Waals surface area contributed by atoms with Gasteiger partial charge in [-0.25, -0.2) is 0 Å². The SMILES string of the molecule is Cc1cncc(C2(O)CCC(N)C2)c1. The Balaban J connectivity index is 2.30. The van der Waals surface area contributed by atoms with Crippen LogP contribution in [-0.2, 0) is 5.60 Å². The molecule has 0 aliphatic heterocycles. The van der Waals surface area contributed by atoms with Crippen molar-refractivity contribution in [2.45, 2.75) is 37.8 Å². The molecule has 3 nitrogen and oxygen atoms in total. The summed E-state index contributed by atoms with van der Waals surface area (Å²) in [6.45, 7) is 1.98. The molecule has 0 saturated heterocycles. The quantitative estimate of drug-likeness (QED) is 0.700. The average Bonchev–Trinajstić information content (AvgIpc) is 2.48. The van der Waals surface area contributed by atoms with Crippen molar-refractivity contribution in [1.29, 1.82) is 0 Å². The molecule has 2 atom stereocenters. The number of hydrogen-bond acceptors (Lipinski definition) is 3. The maximum atomic E-state index is 10.3. The van der Waals surface area contributed by atoms with Crippen molar-refractivity contribution in [2.24, 2.45) is 5.73 Å². The summed E-state index contributed by atoms with van der Waals surface area (Å²) >= 11 is 0. The van der Waals surface area contributed by atoms with Gasteiger partial charge in [-0.05, 0) is 31.7 Å². The van der Waals surface area contributed by atoms with Crippen LogP contribution in [0.3, 0.4) is 0 Å². The number of aromatic nitrogens is 1. The highest BCUT2D eigenvalue weighted by molar-refractivity contribution is 5.24. The van der Waals surface area contributed by atoms with Crippen LogP contribution >= 0.6 is 0 Å². The summed E-state index contributed by atoms with van der Waals surface area (Å²) < 4.78 is 0. The molecule has 3 heteroatoms. The molecule has 76 valence electrons. The summed E-state index contributed by atoms with van der Waals surface area (Å²) in [5.41, 5.74) is 7.06. The van der Waals surface area contributed by atoms with E-state index in [-0.39, 0.29) is 6.04 Å². The Morgan fingerprint density at radius 1 is 1.57 bits per heavy atom. The number of aryl methyl sites for hydroxylation is 1. The summed E-state index contributed by atoms with van der Waals surface area (Å²) in [6.07, 6.45) is 5.83. The standard InChI is InChI=1S/C11H16N2O/c1-8-4-9(7-13-6-8)11(14)3-2-10(12)5-11/h4,6-7,10,14H,2-3,5,12H2,1H3. The van der Waals surface area contributed by atoms with E-state index in [1.165, 1.54) is 0 Å². The normalized spacial score (nSPS) is 32.1. The predicted octanol–water partition coefficient (Wildman–Crippen LogP) is 1.09. The van der Waals surface area contributed by atoms with Crippen LogP contribution in [0.4, 0.5) is 0 Å². The molecule has 14 heavy (non-hydrogen) atoms. The first-order valence-corrected chi connectivity index (χ1v) is 5.00. The van der Waals surface area contributed by atoms with Gasteiger partial charge in [-0.15, -0.1) is 0 Å². The molecule has 0 spiro atoms. The van der Waals surface area contributed by atoms with E-state index in [1.807, 2.05) is 13.0 Å². The third kappa shape index (κ3) is 1.65. The lowest BCUT2D eigenvalue weighted by Gasteiger charge is -2.22. The van der Waals surface area contributed by atoms with Gasteiger partial charge in [0, 0.05) is 24.0 Å². The van der Waals surface area contributed by atoms with Crippen molar-refractivity contribution >= 4 is 0 Å². The van der Waals surface area contributed by atoms with E-state index in [0.29, 0.717) is 6.42 Å². The molecule has 1 aromatic rings. The summed E-state index contributed by atoms with van der Waals surface area (Å²) in [5, 5.41) is 10.3. The molecule has 0 amide bonds. The zero-order chi connectivity index (χ0) is 10.2. The lowest BCUT2D eigenvalue weighted by atomic mass is 9.93. The number of nitrogens with zero attached hydrogens (tertiary/aromatic N) is 1. The lowest BCUT2D eigenvalue weighted by Crippen LogP contribution is -2.25. The van der Waals surface area contributed by atoms with Gasteiger partial charge < -0.3 is 10.8 Å². The van der Waals surface area contributed by atoms with Gasteiger partial charge in [0.05, 0.1) is 5.60 Å². The molecule has 0 aromatic carbocycles. The van der Waals surface area contributed by atoms with Gasteiger partial charge >= 0.3 is 0 Å². The van der Waals surface area contributed by atoms with E-state index >= 15 is 0 Å². The molecule has 2 unspecified atom stereocenters. The first-order chi connectivity index (χ1) is 6.60. The third-order valence-corrected chi connectivity index (χ3v) is 2.94. The minimum Gasteiger partial charge on any atom is -0.385 e. The maximum absolute atomic E-state index is 10.3. The third-order valence-electron chi connectivity index (χ3n) is 2.94. The van der Waals surface area contributed by atoms with Crippen LogP contribution in [0.25, 0.3) is 0 Å². The van der Waals surface area contributed by atoms with Gasteiger partial charge in [-0.1, -0.05) is 6.07 Å². The molecule has 1 saturated carbocycles. The number of hydrogen-bond donors (Lipinski definition) is 2. The van der Waals surface area contributed by atoms with Crippen molar-refractivity contribution in [3.63, 3.8) is 0 Å². The Hall–Kier alpha value is -0.930. The van der Waals surface area contributed by atoms with E-state index in [1.54, 1.807) is 12.4 Å². The van der Waals surface area contributed by atoms with Gasteiger partial charge in [0.2, 0.25) is 0 Å². The predicted molar refractivity (Wildman–Crippen MR) is 54.7 cm³/mol. The average molecular weight is 192 g/mol. The van der Waals surface area contributed by atoms with Gasteiger partial charge in [0.1, 0.15) is 0 Å². The zero-order valence-corrected chi connectivity index (χ0v) is 8.40. The van der Waals surface area contributed by atoms with Crippen molar-refractivity contribution in [3.05, 3.63) is 29.6 Å². The Labute approximate surface area is 84.0 Å². The minimum absolute atomic E-state index is 0.125. The summed E-state index contributed by atoms with van der Waals surface area (Å²) in [4.78, 5) is 4.10. The molecular formula is C11H16N2O. The van der Waals surface area contributed by atoms with Crippen molar-refractivity contribution < 1.29 is 5.11 Å². The van der Waals surface area contributed by atoms with Crippen LogP contribution in [-0.4, -0.2) is 16.1 Å². The molecular weight excluding hydrogens is 176 g/mol. The van der Waals surface area contributed by atoms with Gasteiger partial charge in [0.25, 0.3) is 0 Å². The lowest BCUT2D eigenvalue weighted by molar-refractivity contribution is 0.0427. The molecule has 0 bridgehead atoms.